The van der Waals surface area contributed by atoms with Crippen molar-refractivity contribution in [2.75, 3.05) is 6.54 Å². The average Bonchev–Trinajstić information content (AvgIpc) is 2.42. The van der Waals surface area contributed by atoms with Crippen molar-refractivity contribution < 1.29 is 4.79 Å². The summed E-state index contributed by atoms with van der Waals surface area (Å²) in [6, 6.07) is 12.0. The third kappa shape index (κ3) is 6.13. The minimum atomic E-state index is -0.358. The normalized spacial score (nSPS) is 11.7. The molecule has 1 amide bonds. The molecule has 0 saturated heterocycles. The Morgan fingerprint density at radius 1 is 1.33 bits per heavy atom. The van der Waals surface area contributed by atoms with Gasteiger partial charge in [-0.1, -0.05) is 30.3 Å². The molecule has 0 aliphatic carbocycles. The van der Waals surface area contributed by atoms with E-state index in [2.05, 4.69) is 5.32 Å². The number of hydrogen-bond donors (Lipinski definition) is 1. The second kappa shape index (κ2) is 7.49. The fraction of sp³-hybridized carbons (Fsp3) is 0.412. The smallest absolute Gasteiger partial charge is 0.263 e. The van der Waals surface area contributed by atoms with Crippen LogP contribution in [0.2, 0.25) is 0 Å². The zero-order valence-electron chi connectivity index (χ0n) is 13.2. The zero-order chi connectivity index (χ0) is 15.9. The molecule has 1 N–H and O–H groups in total. The number of carbonyl (C=O) groups excluding carboxylic acids is 1. The summed E-state index contributed by atoms with van der Waals surface area (Å²) in [7, 11) is 0. The molecule has 0 saturated carbocycles. The first-order valence-corrected chi connectivity index (χ1v) is 7.08. The van der Waals surface area contributed by atoms with Crippen molar-refractivity contribution >= 4 is 5.91 Å². The van der Waals surface area contributed by atoms with Crippen molar-refractivity contribution in [3.8, 4) is 6.07 Å². The highest BCUT2D eigenvalue weighted by Crippen LogP contribution is 2.08. The highest BCUT2D eigenvalue weighted by atomic mass is 16.1. The summed E-state index contributed by atoms with van der Waals surface area (Å²) in [6.45, 7) is 9.06. The molecule has 0 spiro atoms. The summed E-state index contributed by atoms with van der Waals surface area (Å²) in [4.78, 5) is 14.0. The lowest BCUT2D eigenvalue weighted by molar-refractivity contribution is -0.118. The maximum atomic E-state index is 12.1. The number of nitrogens with zero attached hydrogens (tertiary/aromatic N) is 2. The van der Waals surface area contributed by atoms with Gasteiger partial charge in [0.15, 0.2) is 0 Å². The fourth-order valence-corrected chi connectivity index (χ4v) is 1.80. The molecule has 21 heavy (non-hydrogen) atoms. The lowest BCUT2D eigenvalue weighted by atomic mass is 10.1. The summed E-state index contributed by atoms with van der Waals surface area (Å²) >= 11 is 0. The van der Waals surface area contributed by atoms with Crippen LogP contribution in [0.25, 0.3) is 0 Å². The Morgan fingerprint density at radius 2 is 1.95 bits per heavy atom. The highest BCUT2D eigenvalue weighted by molar-refractivity contribution is 5.97. The average molecular weight is 285 g/mol. The maximum Gasteiger partial charge on any atom is 0.263 e. The molecule has 0 bridgehead atoms. The number of amides is 1. The van der Waals surface area contributed by atoms with Gasteiger partial charge in [-0.15, -0.1) is 0 Å². The molecule has 4 heteroatoms. The van der Waals surface area contributed by atoms with Gasteiger partial charge in [-0.2, -0.15) is 5.26 Å². The lowest BCUT2D eigenvalue weighted by Crippen LogP contribution is -2.41. The third-order valence-corrected chi connectivity index (χ3v) is 2.80. The van der Waals surface area contributed by atoms with Crippen molar-refractivity contribution in [1.82, 2.24) is 10.2 Å². The number of carbonyl (C=O) groups is 1. The Hall–Kier alpha value is -2.28. The Bertz CT molecular complexity index is 535. The van der Waals surface area contributed by atoms with Gasteiger partial charge in [0.05, 0.1) is 0 Å². The Balaban J connectivity index is 2.84. The van der Waals surface area contributed by atoms with E-state index in [-0.39, 0.29) is 17.0 Å². The van der Waals surface area contributed by atoms with E-state index in [1.54, 1.807) is 6.20 Å². The summed E-state index contributed by atoms with van der Waals surface area (Å²) in [6.07, 6.45) is 1.63. The number of benzene rings is 1. The number of nitrogens with one attached hydrogen (secondary N) is 1. The van der Waals surface area contributed by atoms with Crippen molar-refractivity contribution in [2.24, 2.45) is 0 Å². The minimum Gasteiger partial charge on any atom is -0.372 e. The van der Waals surface area contributed by atoms with Crippen LogP contribution in [0.5, 0.6) is 0 Å². The number of nitriles is 1. The van der Waals surface area contributed by atoms with Gasteiger partial charge >= 0.3 is 0 Å². The molecule has 1 aromatic rings. The minimum absolute atomic E-state index is 0.128. The van der Waals surface area contributed by atoms with E-state index < -0.39 is 0 Å². The van der Waals surface area contributed by atoms with E-state index in [0.29, 0.717) is 6.54 Å². The fourth-order valence-electron chi connectivity index (χ4n) is 1.80. The van der Waals surface area contributed by atoms with E-state index in [1.807, 2.05) is 69.0 Å². The Morgan fingerprint density at radius 3 is 2.43 bits per heavy atom. The molecule has 0 fully saturated rings. The van der Waals surface area contributed by atoms with Crippen molar-refractivity contribution in [3.05, 3.63) is 47.7 Å². The van der Waals surface area contributed by atoms with Crippen LogP contribution in [-0.4, -0.2) is 22.9 Å². The first-order valence-electron chi connectivity index (χ1n) is 7.08. The highest BCUT2D eigenvalue weighted by Gasteiger charge is 2.17. The van der Waals surface area contributed by atoms with E-state index in [9.17, 15) is 10.1 Å². The quantitative estimate of drug-likeness (QED) is 0.668. The van der Waals surface area contributed by atoms with Crippen LogP contribution in [0.4, 0.5) is 0 Å². The molecule has 0 aromatic heterocycles. The second-order valence-electron chi connectivity index (χ2n) is 5.91. The molecule has 1 rings (SSSR count). The summed E-state index contributed by atoms with van der Waals surface area (Å²) in [5.41, 5.74) is 0.913. The van der Waals surface area contributed by atoms with E-state index >= 15 is 0 Å². The standard InChI is InChI=1S/C17H23N3O/c1-5-20(12-14-9-7-6-8-10-14)13-15(11-18)16(21)19-17(2,3)4/h6-10,13H,5,12H2,1-4H3,(H,19,21)/b15-13-. The molecule has 0 atom stereocenters. The van der Waals surface area contributed by atoms with Crippen molar-refractivity contribution in [2.45, 2.75) is 39.8 Å². The van der Waals surface area contributed by atoms with Gasteiger partial charge in [0.25, 0.3) is 5.91 Å². The maximum absolute atomic E-state index is 12.1. The van der Waals surface area contributed by atoms with Crippen LogP contribution in [0.1, 0.15) is 33.3 Å². The van der Waals surface area contributed by atoms with Crippen LogP contribution < -0.4 is 5.32 Å². The largest absolute Gasteiger partial charge is 0.372 e. The molecule has 112 valence electrons. The molecular weight excluding hydrogens is 262 g/mol. The molecule has 0 aliphatic rings. The van der Waals surface area contributed by atoms with Gasteiger partial charge in [-0.25, -0.2) is 0 Å². The molecule has 0 radical (unpaired) electrons. The molecule has 0 heterocycles. The van der Waals surface area contributed by atoms with Crippen LogP contribution in [0.15, 0.2) is 42.1 Å². The van der Waals surface area contributed by atoms with Crippen LogP contribution in [0.3, 0.4) is 0 Å². The molecule has 0 unspecified atom stereocenters. The summed E-state index contributed by atoms with van der Waals surface area (Å²) in [5, 5.41) is 12.0. The van der Waals surface area contributed by atoms with Gasteiger partial charge in [0.1, 0.15) is 11.6 Å². The van der Waals surface area contributed by atoms with Gasteiger partial charge in [0, 0.05) is 24.8 Å². The molecule has 1 aromatic carbocycles. The van der Waals surface area contributed by atoms with E-state index in [4.69, 9.17) is 0 Å². The predicted octanol–water partition coefficient (Wildman–Crippen LogP) is 2.83. The van der Waals surface area contributed by atoms with Gasteiger partial charge in [-0.05, 0) is 33.3 Å². The van der Waals surface area contributed by atoms with Gasteiger partial charge in [0.2, 0.25) is 0 Å². The predicted molar refractivity (Wildman–Crippen MR) is 84.1 cm³/mol. The van der Waals surface area contributed by atoms with Crippen molar-refractivity contribution in [3.63, 3.8) is 0 Å². The van der Waals surface area contributed by atoms with E-state index in [0.717, 1.165) is 12.1 Å². The van der Waals surface area contributed by atoms with Crippen molar-refractivity contribution in [1.29, 1.82) is 5.26 Å². The topological polar surface area (TPSA) is 56.1 Å². The molecule has 0 aliphatic heterocycles. The van der Waals surface area contributed by atoms with E-state index in [1.165, 1.54) is 0 Å². The summed E-state index contributed by atoms with van der Waals surface area (Å²) in [5.74, 6) is -0.337. The van der Waals surface area contributed by atoms with Gasteiger partial charge < -0.3 is 10.2 Å². The monoisotopic (exact) mass is 285 g/mol. The van der Waals surface area contributed by atoms with Crippen LogP contribution in [0, 0.1) is 11.3 Å². The first kappa shape index (κ1) is 16.8. The van der Waals surface area contributed by atoms with Crippen LogP contribution in [-0.2, 0) is 11.3 Å². The second-order valence-corrected chi connectivity index (χ2v) is 5.91. The zero-order valence-corrected chi connectivity index (χ0v) is 13.2. The SMILES string of the molecule is CCN(/C=C(/C#N)C(=O)NC(C)(C)C)Cc1ccccc1. The number of rotatable bonds is 5. The van der Waals surface area contributed by atoms with Gasteiger partial charge in [-0.3, -0.25) is 4.79 Å². The first-order chi connectivity index (χ1) is 9.85. The molecule has 4 nitrogen and oxygen atoms in total. The van der Waals surface area contributed by atoms with Crippen LogP contribution >= 0.6 is 0 Å². The third-order valence-electron chi connectivity index (χ3n) is 2.80. The Labute approximate surface area is 127 Å². The molecular formula is C17H23N3O. The summed E-state index contributed by atoms with van der Waals surface area (Å²) < 4.78 is 0. The Kier molecular flexibility index (Phi) is 5.98. The lowest BCUT2D eigenvalue weighted by Gasteiger charge is -2.22. The number of hydrogen-bond acceptors (Lipinski definition) is 3.